The molecule has 1 saturated heterocycles. The van der Waals surface area contributed by atoms with Crippen LogP contribution in [0.1, 0.15) is 15.9 Å². The maximum atomic E-state index is 11.6. The van der Waals surface area contributed by atoms with E-state index in [1.807, 2.05) is 54.9 Å². The summed E-state index contributed by atoms with van der Waals surface area (Å²) >= 11 is 0. The van der Waals surface area contributed by atoms with E-state index in [0.717, 1.165) is 50.1 Å². The van der Waals surface area contributed by atoms with E-state index in [4.69, 9.17) is 9.47 Å². The summed E-state index contributed by atoms with van der Waals surface area (Å²) in [6.07, 6.45) is 3.82. The van der Waals surface area contributed by atoms with Gasteiger partial charge in [-0.1, -0.05) is 18.2 Å². The average Bonchev–Trinajstić information content (AvgIpc) is 3.29. The molecule has 0 saturated carbocycles. The van der Waals surface area contributed by atoms with Gasteiger partial charge >= 0.3 is 5.97 Å². The molecule has 1 aromatic heterocycles. The molecule has 0 N–H and O–H groups in total. The standard InChI is InChI=1S/C23H26N4O3/c1-29-21-5-3-4-20(16-21)27-11-10-24-23(27)26-14-12-25(13-15-26)17-18-6-8-19(9-7-18)22(28)30-2/h3-11,16H,12-15,17H2,1-2H3. The summed E-state index contributed by atoms with van der Waals surface area (Å²) in [6.45, 7) is 4.56. The highest BCUT2D eigenvalue weighted by Crippen LogP contribution is 2.23. The van der Waals surface area contributed by atoms with Crippen molar-refractivity contribution in [2.75, 3.05) is 45.3 Å². The maximum absolute atomic E-state index is 11.6. The van der Waals surface area contributed by atoms with Crippen LogP contribution in [0.2, 0.25) is 0 Å². The normalized spacial score (nSPS) is 14.5. The summed E-state index contributed by atoms with van der Waals surface area (Å²) in [5.41, 5.74) is 2.81. The van der Waals surface area contributed by atoms with E-state index in [1.54, 1.807) is 7.11 Å². The Balaban J connectivity index is 1.38. The molecule has 0 amide bonds. The zero-order chi connectivity index (χ0) is 20.9. The number of nitrogens with zero attached hydrogens (tertiary/aromatic N) is 4. The van der Waals surface area contributed by atoms with Crippen LogP contribution in [-0.2, 0) is 11.3 Å². The Bertz CT molecular complexity index is 992. The number of aromatic nitrogens is 2. The van der Waals surface area contributed by atoms with Gasteiger partial charge < -0.3 is 14.4 Å². The lowest BCUT2D eigenvalue weighted by Gasteiger charge is -2.35. The first-order valence-electron chi connectivity index (χ1n) is 10.0. The van der Waals surface area contributed by atoms with Crippen molar-refractivity contribution in [1.82, 2.24) is 14.5 Å². The second-order valence-corrected chi connectivity index (χ2v) is 7.25. The molecule has 0 aliphatic carbocycles. The molecule has 30 heavy (non-hydrogen) atoms. The van der Waals surface area contributed by atoms with Gasteiger partial charge in [0.1, 0.15) is 5.75 Å². The van der Waals surface area contributed by atoms with Crippen LogP contribution in [0.25, 0.3) is 5.69 Å². The van der Waals surface area contributed by atoms with Gasteiger partial charge in [0.2, 0.25) is 5.95 Å². The van der Waals surface area contributed by atoms with E-state index in [1.165, 1.54) is 12.7 Å². The third kappa shape index (κ3) is 4.31. The number of rotatable bonds is 6. The van der Waals surface area contributed by atoms with Gasteiger partial charge in [-0.05, 0) is 29.8 Å². The Labute approximate surface area is 176 Å². The van der Waals surface area contributed by atoms with Crippen molar-refractivity contribution in [1.29, 1.82) is 0 Å². The van der Waals surface area contributed by atoms with Crippen LogP contribution in [0.4, 0.5) is 5.95 Å². The number of benzene rings is 2. The molecule has 0 radical (unpaired) electrons. The Kier molecular flexibility index (Phi) is 5.99. The number of esters is 1. The zero-order valence-corrected chi connectivity index (χ0v) is 17.3. The van der Waals surface area contributed by atoms with Crippen LogP contribution in [0.15, 0.2) is 60.9 Å². The smallest absolute Gasteiger partial charge is 0.337 e. The van der Waals surface area contributed by atoms with E-state index in [0.29, 0.717) is 5.56 Å². The Morgan fingerprint density at radius 1 is 1.03 bits per heavy atom. The lowest BCUT2D eigenvalue weighted by Crippen LogP contribution is -2.46. The topological polar surface area (TPSA) is 59.8 Å². The highest BCUT2D eigenvalue weighted by molar-refractivity contribution is 5.89. The number of carbonyl (C=O) groups excluding carboxylic acids is 1. The summed E-state index contributed by atoms with van der Waals surface area (Å²) in [5, 5.41) is 0. The number of piperazine rings is 1. The molecule has 4 rings (SSSR count). The lowest BCUT2D eigenvalue weighted by atomic mass is 10.1. The van der Waals surface area contributed by atoms with Gasteiger partial charge in [-0.2, -0.15) is 0 Å². The third-order valence-electron chi connectivity index (χ3n) is 5.39. The molecule has 2 heterocycles. The molecule has 1 aliphatic heterocycles. The van der Waals surface area contributed by atoms with Crippen LogP contribution in [0, 0.1) is 0 Å². The first-order chi connectivity index (χ1) is 14.7. The van der Waals surface area contributed by atoms with Crippen LogP contribution in [0.3, 0.4) is 0 Å². The maximum Gasteiger partial charge on any atom is 0.337 e. The first-order valence-corrected chi connectivity index (χ1v) is 10.0. The molecule has 7 heteroatoms. The van der Waals surface area contributed by atoms with Gasteiger partial charge in [-0.15, -0.1) is 0 Å². The highest BCUT2D eigenvalue weighted by Gasteiger charge is 2.21. The van der Waals surface area contributed by atoms with Gasteiger partial charge in [0.15, 0.2) is 0 Å². The number of hydrogen-bond donors (Lipinski definition) is 0. The van der Waals surface area contributed by atoms with E-state index in [-0.39, 0.29) is 5.97 Å². The molecule has 7 nitrogen and oxygen atoms in total. The molecule has 3 aromatic rings. The number of hydrogen-bond acceptors (Lipinski definition) is 6. The van der Waals surface area contributed by atoms with Crippen molar-refractivity contribution in [3.05, 3.63) is 72.1 Å². The fourth-order valence-electron chi connectivity index (χ4n) is 3.72. The van der Waals surface area contributed by atoms with Crippen LogP contribution in [0.5, 0.6) is 5.75 Å². The molecular formula is C23H26N4O3. The first kappa shape index (κ1) is 20.0. The monoisotopic (exact) mass is 406 g/mol. The molecule has 1 aliphatic rings. The Morgan fingerprint density at radius 2 is 1.80 bits per heavy atom. The second-order valence-electron chi connectivity index (χ2n) is 7.25. The van der Waals surface area contributed by atoms with E-state index < -0.39 is 0 Å². The van der Waals surface area contributed by atoms with Gasteiger partial charge in [-0.3, -0.25) is 9.47 Å². The number of imidazole rings is 1. The molecule has 0 spiro atoms. The van der Waals surface area contributed by atoms with Crippen molar-refractivity contribution < 1.29 is 14.3 Å². The van der Waals surface area contributed by atoms with Gasteiger partial charge in [0.25, 0.3) is 0 Å². The summed E-state index contributed by atoms with van der Waals surface area (Å²) in [4.78, 5) is 20.9. The minimum atomic E-state index is -0.304. The van der Waals surface area contributed by atoms with Crippen LogP contribution >= 0.6 is 0 Å². The largest absolute Gasteiger partial charge is 0.497 e. The molecule has 2 aromatic carbocycles. The number of methoxy groups -OCH3 is 2. The fraction of sp³-hybridized carbons (Fsp3) is 0.304. The molecule has 0 atom stereocenters. The van der Waals surface area contributed by atoms with E-state index >= 15 is 0 Å². The quantitative estimate of drug-likeness (QED) is 0.587. The predicted molar refractivity (Wildman–Crippen MR) is 115 cm³/mol. The summed E-state index contributed by atoms with van der Waals surface area (Å²) in [6, 6.07) is 15.6. The van der Waals surface area contributed by atoms with Crippen molar-refractivity contribution in [2.45, 2.75) is 6.54 Å². The van der Waals surface area contributed by atoms with Crippen molar-refractivity contribution in [2.24, 2.45) is 0 Å². The number of carbonyl (C=O) groups is 1. The minimum absolute atomic E-state index is 0.304. The predicted octanol–water partition coefficient (Wildman–Crippen LogP) is 2.99. The Morgan fingerprint density at radius 3 is 2.50 bits per heavy atom. The zero-order valence-electron chi connectivity index (χ0n) is 17.3. The molecule has 0 unspecified atom stereocenters. The molecule has 0 bridgehead atoms. The van der Waals surface area contributed by atoms with Crippen molar-refractivity contribution >= 4 is 11.9 Å². The molecular weight excluding hydrogens is 380 g/mol. The van der Waals surface area contributed by atoms with Crippen LogP contribution < -0.4 is 9.64 Å². The lowest BCUT2D eigenvalue weighted by molar-refractivity contribution is 0.0600. The summed E-state index contributed by atoms with van der Waals surface area (Å²) < 4.78 is 12.2. The van der Waals surface area contributed by atoms with Gasteiger partial charge in [-0.25, -0.2) is 9.78 Å². The average molecular weight is 406 g/mol. The van der Waals surface area contributed by atoms with Crippen LogP contribution in [-0.4, -0.2) is 60.8 Å². The van der Waals surface area contributed by atoms with E-state index in [9.17, 15) is 4.79 Å². The number of anilines is 1. The van der Waals surface area contributed by atoms with Gasteiger partial charge in [0, 0.05) is 51.2 Å². The molecule has 156 valence electrons. The SMILES string of the molecule is COC(=O)c1ccc(CN2CCN(c3nccn3-c3cccc(OC)c3)CC2)cc1. The molecule has 1 fully saturated rings. The minimum Gasteiger partial charge on any atom is -0.497 e. The second kappa shape index (κ2) is 9.00. The Hall–Kier alpha value is -3.32. The number of ether oxygens (including phenoxy) is 2. The van der Waals surface area contributed by atoms with Crippen molar-refractivity contribution in [3.8, 4) is 11.4 Å². The van der Waals surface area contributed by atoms with E-state index in [2.05, 4.69) is 25.4 Å². The highest BCUT2D eigenvalue weighted by atomic mass is 16.5. The third-order valence-corrected chi connectivity index (χ3v) is 5.39. The summed E-state index contributed by atoms with van der Waals surface area (Å²) in [7, 11) is 3.07. The van der Waals surface area contributed by atoms with Gasteiger partial charge in [0.05, 0.1) is 25.5 Å². The fourth-order valence-corrected chi connectivity index (χ4v) is 3.72. The van der Waals surface area contributed by atoms with Crippen molar-refractivity contribution in [3.63, 3.8) is 0 Å². The summed E-state index contributed by atoms with van der Waals surface area (Å²) in [5.74, 6) is 1.47.